The van der Waals surface area contributed by atoms with Gasteiger partial charge in [0.15, 0.2) is 0 Å². The third kappa shape index (κ3) is 4.42. The minimum absolute atomic E-state index is 0.0650. The van der Waals surface area contributed by atoms with E-state index in [9.17, 15) is 24.7 Å². The molecular formula is C35H31Cl2N3O7. The Balaban J connectivity index is 1.49. The average Bonchev–Trinajstić information content (AvgIpc) is 3.41. The summed E-state index contributed by atoms with van der Waals surface area (Å²) < 4.78 is 5.42. The van der Waals surface area contributed by atoms with Gasteiger partial charge in [0, 0.05) is 10.9 Å². The van der Waals surface area contributed by atoms with Crippen molar-refractivity contribution < 1.29 is 34.2 Å². The number of aryl methyl sites for hydroxylation is 2. The number of nitrogens with one attached hydrogen (secondary N) is 1. The van der Waals surface area contributed by atoms with Crippen molar-refractivity contribution in [1.29, 1.82) is 0 Å². The summed E-state index contributed by atoms with van der Waals surface area (Å²) in [4.78, 5) is 56.2. The number of benzene rings is 3. The van der Waals surface area contributed by atoms with Gasteiger partial charge in [-0.3, -0.25) is 29.8 Å². The lowest BCUT2D eigenvalue weighted by molar-refractivity contribution is -0.173. The van der Waals surface area contributed by atoms with Crippen molar-refractivity contribution in [2.45, 2.75) is 38.0 Å². The second-order valence-electron chi connectivity index (χ2n) is 12.7. The van der Waals surface area contributed by atoms with Crippen LogP contribution in [0.15, 0.2) is 66.2 Å². The maximum absolute atomic E-state index is 15.2. The summed E-state index contributed by atoms with van der Waals surface area (Å²) in [6, 6.07) is 15.3. The first-order valence-corrected chi connectivity index (χ1v) is 16.0. The monoisotopic (exact) mass is 675 g/mol. The van der Waals surface area contributed by atoms with E-state index in [-0.39, 0.29) is 28.7 Å². The number of methoxy groups -OCH3 is 1. The van der Waals surface area contributed by atoms with Crippen molar-refractivity contribution in [3.05, 3.63) is 98.5 Å². The number of phenolic OH excluding ortho intramolecular Hbond substituents is 1. The van der Waals surface area contributed by atoms with E-state index in [0.717, 1.165) is 10.6 Å². The molecule has 242 valence electrons. The van der Waals surface area contributed by atoms with Crippen molar-refractivity contribution in [2.24, 2.45) is 23.7 Å². The first kappa shape index (κ1) is 31.2. The number of allylic oxidation sites excluding steroid dienone is 2. The maximum atomic E-state index is 15.2. The van der Waals surface area contributed by atoms with Gasteiger partial charge in [-0.15, -0.1) is 0 Å². The van der Waals surface area contributed by atoms with Crippen LogP contribution in [0.4, 0.5) is 5.69 Å². The lowest BCUT2D eigenvalue weighted by Crippen LogP contribution is -2.53. The summed E-state index contributed by atoms with van der Waals surface area (Å²) in [7, 11) is 1.53. The van der Waals surface area contributed by atoms with Crippen LogP contribution >= 0.6 is 23.2 Å². The van der Waals surface area contributed by atoms with E-state index < -0.39 is 58.6 Å². The number of hydroxylamine groups is 2. The lowest BCUT2D eigenvalue weighted by atomic mass is 9.49. The van der Waals surface area contributed by atoms with Gasteiger partial charge in [0.1, 0.15) is 11.5 Å². The van der Waals surface area contributed by atoms with Gasteiger partial charge in [-0.1, -0.05) is 59.1 Å². The second-order valence-corrected chi connectivity index (χ2v) is 13.5. The van der Waals surface area contributed by atoms with E-state index in [2.05, 4.69) is 5.43 Å². The van der Waals surface area contributed by atoms with Crippen LogP contribution in [0.2, 0.25) is 10.0 Å². The van der Waals surface area contributed by atoms with Crippen molar-refractivity contribution >= 4 is 52.5 Å². The van der Waals surface area contributed by atoms with Crippen LogP contribution < -0.4 is 10.2 Å². The van der Waals surface area contributed by atoms with Crippen LogP contribution in [0.3, 0.4) is 0 Å². The van der Waals surface area contributed by atoms with Gasteiger partial charge >= 0.3 is 0 Å². The molecule has 1 saturated carbocycles. The molecule has 7 rings (SSSR count). The highest BCUT2D eigenvalue weighted by Gasteiger charge is 2.70. The predicted octanol–water partition coefficient (Wildman–Crippen LogP) is 5.70. The number of amides is 4. The molecule has 0 radical (unpaired) electrons. The molecule has 3 aromatic carbocycles. The summed E-state index contributed by atoms with van der Waals surface area (Å²) in [5.74, 6) is -5.91. The zero-order valence-electron chi connectivity index (χ0n) is 25.7. The molecule has 6 atom stereocenters. The number of fused-ring (bicyclic) bond motifs is 4. The van der Waals surface area contributed by atoms with E-state index in [1.807, 2.05) is 6.08 Å². The number of hydrogen-bond donors (Lipinski definition) is 3. The summed E-state index contributed by atoms with van der Waals surface area (Å²) in [5.41, 5.74) is 4.82. The smallest absolute Gasteiger partial charge is 0.260 e. The van der Waals surface area contributed by atoms with E-state index in [1.54, 1.807) is 62.4 Å². The third-order valence-electron chi connectivity index (χ3n) is 10.4. The molecule has 2 heterocycles. The minimum Gasteiger partial charge on any atom is -0.507 e. The average molecular weight is 677 g/mol. The molecule has 3 fully saturated rings. The van der Waals surface area contributed by atoms with Gasteiger partial charge < -0.3 is 9.84 Å². The van der Waals surface area contributed by atoms with Crippen LogP contribution in [0.1, 0.15) is 41.0 Å². The highest BCUT2D eigenvalue weighted by Crippen LogP contribution is 2.64. The van der Waals surface area contributed by atoms with Crippen molar-refractivity contribution in [3.8, 4) is 11.5 Å². The molecule has 10 nitrogen and oxygen atoms in total. The fraction of sp³-hybridized carbons (Fsp3) is 0.314. The summed E-state index contributed by atoms with van der Waals surface area (Å²) in [6.45, 7) is 3.52. The van der Waals surface area contributed by atoms with Gasteiger partial charge in [0.2, 0.25) is 0 Å². The van der Waals surface area contributed by atoms with Crippen LogP contribution in [-0.2, 0) is 24.6 Å². The molecule has 3 N–H and O–H groups in total. The molecule has 12 heteroatoms. The largest absolute Gasteiger partial charge is 0.507 e. The number of rotatable bonds is 5. The lowest BCUT2D eigenvalue weighted by Gasteiger charge is -2.50. The molecular weight excluding hydrogens is 645 g/mol. The minimum atomic E-state index is -1.52. The molecule has 0 spiro atoms. The zero-order valence-corrected chi connectivity index (χ0v) is 27.2. The highest BCUT2D eigenvalue weighted by molar-refractivity contribution is 6.36. The molecule has 2 saturated heterocycles. The van der Waals surface area contributed by atoms with Gasteiger partial charge in [0.25, 0.3) is 23.6 Å². The predicted molar refractivity (Wildman–Crippen MR) is 172 cm³/mol. The number of carbonyl (C=O) groups excluding carboxylic acids is 4. The molecule has 4 amide bonds. The maximum Gasteiger partial charge on any atom is 0.260 e. The number of imide groups is 2. The quantitative estimate of drug-likeness (QED) is 0.178. The van der Waals surface area contributed by atoms with E-state index in [1.165, 1.54) is 13.2 Å². The van der Waals surface area contributed by atoms with Crippen LogP contribution in [-0.4, -0.2) is 51.1 Å². The first-order chi connectivity index (χ1) is 22.4. The molecule has 3 aromatic rings. The van der Waals surface area contributed by atoms with Crippen molar-refractivity contribution in [1.82, 2.24) is 10.1 Å². The fourth-order valence-electron chi connectivity index (χ4n) is 8.36. The number of anilines is 1. The number of ether oxygens (including phenoxy) is 1. The van der Waals surface area contributed by atoms with Gasteiger partial charge in [-0.25, -0.2) is 0 Å². The summed E-state index contributed by atoms with van der Waals surface area (Å²) in [5, 5.41) is 22.9. The van der Waals surface area contributed by atoms with Gasteiger partial charge in [-0.05, 0) is 85.2 Å². The second kappa shape index (κ2) is 11.1. The molecule has 0 aromatic heterocycles. The molecule has 2 aliphatic carbocycles. The molecule has 0 bridgehead atoms. The normalized spacial score (nSPS) is 28.2. The SMILES string of the molecule is COc1ccc(C23C(=O)N(Nc4ccc(Cl)cc4Cl)C(=O)C2CC2C(=CCC4C(=O)N(O)C(=O)C42)C3c2cc(C)c(O)c(C)c2)cc1. The number of aromatic hydroxyl groups is 1. The Morgan fingerprint density at radius 2 is 1.60 bits per heavy atom. The van der Waals surface area contributed by atoms with Gasteiger partial charge in [-0.2, -0.15) is 10.1 Å². The standard InChI is InChI=1S/C35H31Cl2N3O7/c1-16-12-18(13-17(2)30(16)41)29-22-9-10-23-28(33(44)40(46)31(23)42)24(22)15-25-32(43)39(38-27-11-6-20(36)14-26(27)37)34(45)35(25,29)19-4-7-21(47-3)8-5-19/h4-9,11-14,23-25,28-29,38,41,46H,10,15H2,1-3H3. The molecule has 4 aliphatic rings. The number of nitrogens with zero attached hydrogens (tertiary/aromatic N) is 2. The van der Waals surface area contributed by atoms with Crippen LogP contribution in [0, 0.1) is 37.5 Å². The Kier molecular flexibility index (Phi) is 7.38. The topological polar surface area (TPSA) is 136 Å². The van der Waals surface area contributed by atoms with Crippen LogP contribution in [0.5, 0.6) is 11.5 Å². The number of hydrogen-bond acceptors (Lipinski definition) is 8. The van der Waals surface area contributed by atoms with E-state index >= 15 is 4.79 Å². The fourth-order valence-corrected chi connectivity index (χ4v) is 8.81. The van der Waals surface area contributed by atoms with E-state index in [4.69, 9.17) is 27.9 Å². The Morgan fingerprint density at radius 1 is 0.915 bits per heavy atom. The highest BCUT2D eigenvalue weighted by atomic mass is 35.5. The van der Waals surface area contributed by atoms with E-state index in [0.29, 0.717) is 38.7 Å². The third-order valence-corrected chi connectivity index (χ3v) is 11.0. The van der Waals surface area contributed by atoms with Crippen molar-refractivity contribution in [2.75, 3.05) is 12.5 Å². The number of carbonyl (C=O) groups is 4. The first-order valence-electron chi connectivity index (χ1n) is 15.2. The van der Waals surface area contributed by atoms with Gasteiger partial charge in [0.05, 0.1) is 41.0 Å². The van der Waals surface area contributed by atoms with Crippen LogP contribution in [0.25, 0.3) is 0 Å². The Labute approximate surface area is 280 Å². The molecule has 6 unspecified atom stereocenters. The Hall–Kier alpha value is -4.38. The Bertz CT molecular complexity index is 1890. The number of halogens is 2. The zero-order chi connectivity index (χ0) is 33.5. The summed E-state index contributed by atoms with van der Waals surface area (Å²) >= 11 is 12.6. The van der Waals surface area contributed by atoms with Crippen molar-refractivity contribution in [3.63, 3.8) is 0 Å². The Morgan fingerprint density at radius 3 is 2.23 bits per heavy atom. The molecule has 47 heavy (non-hydrogen) atoms. The number of hydrazine groups is 1. The number of phenols is 1. The molecule has 2 aliphatic heterocycles. The summed E-state index contributed by atoms with van der Waals surface area (Å²) in [6.07, 6.45) is 2.14.